The Labute approximate surface area is 116 Å². The van der Waals surface area contributed by atoms with Gasteiger partial charge in [-0.15, -0.1) is 0 Å². The van der Waals surface area contributed by atoms with Gasteiger partial charge in [0.25, 0.3) is 0 Å². The van der Waals surface area contributed by atoms with Crippen LogP contribution < -0.4 is 0 Å². The average molecular weight is 269 g/mol. The van der Waals surface area contributed by atoms with E-state index in [0.717, 1.165) is 24.0 Å². The molecule has 1 nitrogen and oxygen atoms in total. The number of phenolic OH excluding ortho intramolecular Hbond substituents is 1. The van der Waals surface area contributed by atoms with Crippen molar-refractivity contribution >= 4 is 11.6 Å². The average Bonchev–Trinajstić information content (AvgIpc) is 2.33. The molecule has 0 saturated heterocycles. The highest BCUT2D eigenvalue weighted by atomic mass is 35.5. The third-order valence-electron chi connectivity index (χ3n) is 3.34. The first-order valence-electron chi connectivity index (χ1n) is 7.13. The number of phenols is 1. The van der Waals surface area contributed by atoms with Crippen LogP contribution in [0.4, 0.5) is 0 Å². The minimum absolute atomic E-state index is 0.272. The van der Waals surface area contributed by atoms with Crippen molar-refractivity contribution in [1.29, 1.82) is 0 Å². The second-order valence-corrected chi connectivity index (χ2v) is 5.53. The van der Waals surface area contributed by atoms with Gasteiger partial charge >= 0.3 is 0 Å². The Bertz CT molecular complexity index is 360. The summed E-state index contributed by atoms with van der Waals surface area (Å²) >= 11 is 5.97. The van der Waals surface area contributed by atoms with Gasteiger partial charge in [-0.1, -0.05) is 63.1 Å². The second kappa shape index (κ2) is 8.42. The van der Waals surface area contributed by atoms with Crippen molar-refractivity contribution in [3.8, 4) is 5.75 Å². The highest BCUT2D eigenvalue weighted by molar-refractivity contribution is 6.32. The molecule has 0 spiro atoms. The summed E-state index contributed by atoms with van der Waals surface area (Å²) in [4.78, 5) is 0. The number of rotatable bonds is 8. The highest BCUT2D eigenvalue weighted by Gasteiger charge is 2.06. The first-order chi connectivity index (χ1) is 8.65. The smallest absolute Gasteiger partial charge is 0.137 e. The molecule has 2 heteroatoms. The van der Waals surface area contributed by atoms with Crippen molar-refractivity contribution in [2.24, 2.45) is 0 Å². The molecule has 1 rings (SSSR count). The fourth-order valence-electron chi connectivity index (χ4n) is 2.27. The van der Waals surface area contributed by atoms with Gasteiger partial charge in [-0.2, -0.15) is 0 Å². The van der Waals surface area contributed by atoms with Crippen LogP contribution in [0.3, 0.4) is 0 Å². The molecule has 0 fully saturated rings. The highest BCUT2D eigenvalue weighted by Crippen LogP contribution is 2.30. The summed E-state index contributed by atoms with van der Waals surface area (Å²) in [5, 5.41) is 10.3. The Morgan fingerprint density at radius 3 is 2.28 bits per heavy atom. The lowest BCUT2D eigenvalue weighted by Crippen LogP contribution is -1.89. The lowest BCUT2D eigenvalue weighted by molar-refractivity contribution is 0.466. The van der Waals surface area contributed by atoms with Crippen molar-refractivity contribution in [2.45, 2.75) is 65.2 Å². The maximum atomic E-state index is 9.86. The standard InChI is InChI=1S/C16H25ClO/c1-3-4-5-6-7-8-9-10-14-11-13(2)12-15(17)16(14)18/h11-12,18H,3-10H2,1-2H3. The molecule has 1 N–H and O–H groups in total. The molecule has 102 valence electrons. The monoisotopic (exact) mass is 268 g/mol. The molecule has 0 atom stereocenters. The molecule has 18 heavy (non-hydrogen) atoms. The minimum atomic E-state index is 0.272. The number of halogens is 1. The zero-order chi connectivity index (χ0) is 13.4. The van der Waals surface area contributed by atoms with Gasteiger partial charge in [0.2, 0.25) is 0 Å². The Morgan fingerprint density at radius 1 is 1.00 bits per heavy atom. The van der Waals surface area contributed by atoms with Gasteiger partial charge < -0.3 is 5.11 Å². The van der Waals surface area contributed by atoms with Crippen LogP contribution in [0, 0.1) is 6.92 Å². The molecular formula is C16H25ClO. The third kappa shape index (κ3) is 5.30. The summed E-state index contributed by atoms with van der Waals surface area (Å²) in [7, 11) is 0. The van der Waals surface area contributed by atoms with E-state index in [2.05, 4.69) is 6.92 Å². The Balaban J connectivity index is 2.27. The van der Waals surface area contributed by atoms with E-state index in [1.54, 1.807) is 0 Å². The van der Waals surface area contributed by atoms with Gasteiger partial charge in [0, 0.05) is 0 Å². The summed E-state index contributed by atoms with van der Waals surface area (Å²) in [6, 6.07) is 3.85. The fraction of sp³-hybridized carbons (Fsp3) is 0.625. The first-order valence-corrected chi connectivity index (χ1v) is 7.51. The molecule has 0 radical (unpaired) electrons. The predicted octanol–water partition coefficient (Wildman–Crippen LogP) is 5.65. The molecule has 0 aliphatic rings. The molecule has 0 unspecified atom stereocenters. The number of benzene rings is 1. The molecule has 0 heterocycles. The van der Waals surface area contributed by atoms with Crippen molar-refractivity contribution in [2.75, 3.05) is 0 Å². The normalized spacial score (nSPS) is 10.8. The van der Waals surface area contributed by atoms with E-state index in [1.807, 2.05) is 19.1 Å². The lowest BCUT2D eigenvalue weighted by Gasteiger charge is -2.08. The quantitative estimate of drug-likeness (QED) is 0.604. The number of hydrogen-bond donors (Lipinski definition) is 1. The Kier molecular flexibility index (Phi) is 7.19. The molecule has 0 amide bonds. The maximum Gasteiger partial charge on any atom is 0.137 e. The SMILES string of the molecule is CCCCCCCCCc1cc(C)cc(Cl)c1O. The maximum absolute atomic E-state index is 9.86. The molecule has 0 aliphatic heterocycles. The zero-order valence-corrected chi connectivity index (χ0v) is 12.4. The molecule has 1 aromatic rings. The van der Waals surface area contributed by atoms with Gasteiger partial charge in [0.05, 0.1) is 5.02 Å². The number of hydrogen-bond acceptors (Lipinski definition) is 1. The summed E-state index contributed by atoms with van der Waals surface area (Å²) < 4.78 is 0. The molecule has 0 aliphatic carbocycles. The van der Waals surface area contributed by atoms with Crippen LogP contribution in [0.15, 0.2) is 12.1 Å². The van der Waals surface area contributed by atoms with Gasteiger partial charge in [-0.3, -0.25) is 0 Å². The van der Waals surface area contributed by atoms with Gasteiger partial charge in [0.1, 0.15) is 5.75 Å². The topological polar surface area (TPSA) is 20.2 Å². The number of unbranched alkanes of at least 4 members (excludes halogenated alkanes) is 6. The van der Waals surface area contributed by atoms with E-state index in [0.29, 0.717) is 5.02 Å². The Morgan fingerprint density at radius 2 is 1.61 bits per heavy atom. The molecule has 1 aromatic carbocycles. The largest absolute Gasteiger partial charge is 0.506 e. The Hall–Kier alpha value is -0.690. The van der Waals surface area contributed by atoms with E-state index in [1.165, 1.54) is 38.5 Å². The molecular weight excluding hydrogens is 244 g/mol. The van der Waals surface area contributed by atoms with Crippen molar-refractivity contribution < 1.29 is 5.11 Å². The van der Waals surface area contributed by atoms with Crippen LogP contribution in [0.1, 0.15) is 63.0 Å². The van der Waals surface area contributed by atoms with Crippen LogP contribution in [-0.4, -0.2) is 5.11 Å². The summed E-state index contributed by atoms with van der Waals surface area (Å²) in [5.74, 6) is 0.272. The summed E-state index contributed by atoms with van der Waals surface area (Å²) in [6.07, 6.45) is 9.98. The van der Waals surface area contributed by atoms with Crippen LogP contribution in [-0.2, 0) is 6.42 Å². The first kappa shape index (κ1) is 15.4. The minimum Gasteiger partial charge on any atom is -0.506 e. The lowest BCUT2D eigenvalue weighted by atomic mass is 10.0. The number of aromatic hydroxyl groups is 1. The summed E-state index contributed by atoms with van der Waals surface area (Å²) in [5.41, 5.74) is 2.12. The van der Waals surface area contributed by atoms with Crippen LogP contribution in [0.5, 0.6) is 5.75 Å². The van der Waals surface area contributed by atoms with E-state index in [9.17, 15) is 5.11 Å². The van der Waals surface area contributed by atoms with E-state index < -0.39 is 0 Å². The van der Waals surface area contributed by atoms with Crippen molar-refractivity contribution in [3.63, 3.8) is 0 Å². The van der Waals surface area contributed by atoms with Gasteiger partial charge in [-0.05, 0) is 37.0 Å². The molecule has 0 saturated carbocycles. The van der Waals surface area contributed by atoms with E-state index >= 15 is 0 Å². The molecule has 0 aromatic heterocycles. The van der Waals surface area contributed by atoms with Crippen LogP contribution in [0.25, 0.3) is 0 Å². The second-order valence-electron chi connectivity index (χ2n) is 5.13. The van der Waals surface area contributed by atoms with Crippen molar-refractivity contribution in [1.82, 2.24) is 0 Å². The fourth-order valence-corrected chi connectivity index (χ4v) is 2.56. The molecule has 0 bridgehead atoms. The predicted molar refractivity (Wildman–Crippen MR) is 79.6 cm³/mol. The third-order valence-corrected chi connectivity index (χ3v) is 3.62. The van der Waals surface area contributed by atoms with E-state index in [4.69, 9.17) is 11.6 Å². The summed E-state index contributed by atoms with van der Waals surface area (Å²) in [6.45, 7) is 4.25. The zero-order valence-electron chi connectivity index (χ0n) is 11.6. The van der Waals surface area contributed by atoms with Crippen molar-refractivity contribution in [3.05, 3.63) is 28.3 Å². The number of aryl methyl sites for hydroxylation is 2. The van der Waals surface area contributed by atoms with Gasteiger partial charge in [-0.25, -0.2) is 0 Å². The van der Waals surface area contributed by atoms with E-state index in [-0.39, 0.29) is 5.75 Å². The van der Waals surface area contributed by atoms with Gasteiger partial charge in [0.15, 0.2) is 0 Å². The van der Waals surface area contributed by atoms with Crippen LogP contribution >= 0.6 is 11.6 Å². The van der Waals surface area contributed by atoms with Crippen LogP contribution in [0.2, 0.25) is 5.02 Å².